The van der Waals surface area contributed by atoms with Crippen LogP contribution in [0.15, 0.2) is 48.5 Å². The van der Waals surface area contributed by atoms with Crippen molar-refractivity contribution >= 4 is 34.0 Å². The number of rotatable bonds is 6. The van der Waals surface area contributed by atoms with Gasteiger partial charge in [0.05, 0.1) is 0 Å². The van der Waals surface area contributed by atoms with E-state index in [4.69, 9.17) is 16.3 Å². The molecule has 1 heterocycles. The van der Waals surface area contributed by atoms with Gasteiger partial charge in [-0.05, 0) is 54.5 Å². The Bertz CT molecular complexity index is 882. The normalized spacial score (nSPS) is 23.2. The molecule has 148 valence electrons. The molecule has 2 aromatic carbocycles. The molecule has 2 aliphatic rings. The first-order valence-electron chi connectivity index (χ1n) is 9.71. The molecule has 4 rings (SSSR count). The van der Waals surface area contributed by atoms with Gasteiger partial charge in [0.25, 0.3) is 0 Å². The van der Waals surface area contributed by atoms with Gasteiger partial charge in [-0.15, -0.1) is 0 Å². The second-order valence-corrected chi connectivity index (χ2v) is 9.62. The van der Waals surface area contributed by atoms with Crippen molar-refractivity contribution in [2.75, 3.05) is 18.5 Å². The van der Waals surface area contributed by atoms with Crippen LogP contribution in [-0.2, 0) is 26.1 Å². The quantitative estimate of drug-likeness (QED) is 0.752. The maximum atomic E-state index is 12.6. The summed E-state index contributed by atoms with van der Waals surface area (Å²) >= 11 is 6.25. The lowest BCUT2D eigenvalue weighted by molar-refractivity contribution is -0.117. The lowest BCUT2D eigenvalue weighted by Gasteiger charge is -2.21. The van der Waals surface area contributed by atoms with Gasteiger partial charge in [0.1, 0.15) is 0 Å². The van der Waals surface area contributed by atoms with Crippen molar-refractivity contribution in [1.29, 1.82) is 0 Å². The number of hydrogen-bond donors (Lipinski definition) is 1. The topological polar surface area (TPSA) is 55.4 Å². The van der Waals surface area contributed by atoms with Crippen molar-refractivity contribution in [3.63, 3.8) is 0 Å². The van der Waals surface area contributed by atoms with Gasteiger partial charge in [0, 0.05) is 51.6 Å². The van der Waals surface area contributed by atoms with E-state index >= 15 is 0 Å². The van der Waals surface area contributed by atoms with Gasteiger partial charge in [-0.2, -0.15) is 0 Å². The van der Waals surface area contributed by atoms with Crippen molar-refractivity contribution in [3.8, 4) is 0 Å². The number of carbonyl (C=O) groups is 1. The van der Waals surface area contributed by atoms with Gasteiger partial charge >= 0.3 is 0 Å². The maximum Gasteiger partial charge on any atom is 0.228 e. The van der Waals surface area contributed by atoms with Gasteiger partial charge in [-0.25, -0.2) is 0 Å². The fraction of sp³-hybridized carbons (Fsp3) is 0.409. The third-order valence-electron chi connectivity index (χ3n) is 5.48. The Morgan fingerprint density at radius 3 is 2.71 bits per heavy atom. The zero-order valence-electron chi connectivity index (χ0n) is 15.6. The molecule has 0 aromatic heterocycles. The number of amides is 1. The highest BCUT2D eigenvalue weighted by Gasteiger charge is 2.44. The van der Waals surface area contributed by atoms with Crippen LogP contribution in [0, 0.1) is 5.92 Å². The van der Waals surface area contributed by atoms with E-state index in [9.17, 15) is 9.00 Å². The third-order valence-corrected chi connectivity index (χ3v) is 7.65. The minimum Gasteiger partial charge on any atom is -0.381 e. The molecule has 1 saturated heterocycles. The van der Waals surface area contributed by atoms with E-state index in [-0.39, 0.29) is 23.0 Å². The van der Waals surface area contributed by atoms with Crippen LogP contribution in [0.2, 0.25) is 5.02 Å². The van der Waals surface area contributed by atoms with Gasteiger partial charge in [-0.1, -0.05) is 41.9 Å². The first kappa shape index (κ1) is 19.6. The van der Waals surface area contributed by atoms with E-state index in [1.807, 2.05) is 48.5 Å². The van der Waals surface area contributed by atoms with Crippen LogP contribution in [0.4, 0.5) is 5.69 Å². The first-order chi connectivity index (χ1) is 13.6. The highest BCUT2D eigenvalue weighted by molar-refractivity contribution is 7.84. The second-order valence-electron chi connectivity index (χ2n) is 7.50. The molecule has 0 radical (unpaired) electrons. The number of hydrogen-bond acceptors (Lipinski definition) is 3. The monoisotopic (exact) mass is 417 g/mol. The molecule has 1 aliphatic heterocycles. The number of halogens is 1. The van der Waals surface area contributed by atoms with E-state index in [0.717, 1.165) is 41.1 Å². The molecule has 3 atom stereocenters. The molecule has 2 aromatic rings. The molecule has 1 aliphatic carbocycles. The summed E-state index contributed by atoms with van der Waals surface area (Å²) < 4.78 is 18.0. The maximum absolute atomic E-state index is 12.6. The summed E-state index contributed by atoms with van der Waals surface area (Å²) in [6.45, 7) is 1.39. The summed E-state index contributed by atoms with van der Waals surface area (Å²) in [4.78, 5) is 12.6. The summed E-state index contributed by atoms with van der Waals surface area (Å²) in [6.07, 6.45) is 2.53. The minimum absolute atomic E-state index is 0.0209. The number of anilines is 1. The molecule has 1 N–H and O–H groups in total. The van der Waals surface area contributed by atoms with E-state index in [1.54, 1.807) is 0 Å². The van der Waals surface area contributed by atoms with E-state index < -0.39 is 10.8 Å². The van der Waals surface area contributed by atoms with Crippen molar-refractivity contribution in [1.82, 2.24) is 0 Å². The predicted molar refractivity (Wildman–Crippen MR) is 113 cm³/mol. The second kappa shape index (κ2) is 8.76. The van der Waals surface area contributed by atoms with Crippen molar-refractivity contribution in [2.24, 2.45) is 5.92 Å². The van der Waals surface area contributed by atoms with Crippen LogP contribution in [0.5, 0.6) is 0 Å². The molecule has 28 heavy (non-hydrogen) atoms. The van der Waals surface area contributed by atoms with Crippen LogP contribution in [0.1, 0.15) is 36.3 Å². The summed E-state index contributed by atoms with van der Waals surface area (Å²) in [5.41, 5.74) is 2.79. The highest BCUT2D eigenvalue weighted by Crippen LogP contribution is 2.50. The van der Waals surface area contributed by atoms with Gasteiger partial charge in [0.2, 0.25) is 5.91 Å². The molecular weight excluding hydrogens is 394 g/mol. The lowest BCUT2D eigenvalue weighted by atomic mass is 10.1. The average molecular weight is 418 g/mol. The van der Waals surface area contributed by atoms with E-state index in [2.05, 4.69) is 5.32 Å². The van der Waals surface area contributed by atoms with Crippen molar-refractivity contribution < 1.29 is 13.7 Å². The molecule has 1 amide bonds. The molecule has 2 fully saturated rings. The van der Waals surface area contributed by atoms with E-state index in [0.29, 0.717) is 19.0 Å². The fourth-order valence-electron chi connectivity index (χ4n) is 3.80. The van der Waals surface area contributed by atoms with Crippen LogP contribution in [0.3, 0.4) is 0 Å². The van der Waals surface area contributed by atoms with Crippen LogP contribution < -0.4 is 5.32 Å². The third kappa shape index (κ3) is 4.65. The molecule has 1 saturated carbocycles. The average Bonchev–Trinajstić information content (AvgIpc) is 3.50. The van der Waals surface area contributed by atoms with Crippen LogP contribution in [-0.4, -0.2) is 28.6 Å². The highest BCUT2D eigenvalue weighted by atomic mass is 35.5. The Morgan fingerprint density at radius 2 is 1.93 bits per heavy atom. The van der Waals surface area contributed by atoms with E-state index in [1.165, 1.54) is 0 Å². The Labute approximate surface area is 173 Å². The van der Waals surface area contributed by atoms with Crippen LogP contribution in [0.25, 0.3) is 0 Å². The molecule has 0 spiro atoms. The Kier molecular flexibility index (Phi) is 6.14. The number of carbonyl (C=O) groups excluding carboxylic acids is 1. The SMILES string of the molecule is O=C(Nc1cccc(CS(=O)C2CCOCC2)c1)C1CC1c1ccccc1Cl. The number of ether oxygens (including phenoxy) is 1. The van der Waals surface area contributed by atoms with Crippen LogP contribution >= 0.6 is 11.6 Å². The zero-order chi connectivity index (χ0) is 19.5. The zero-order valence-corrected chi connectivity index (χ0v) is 17.2. The molecule has 3 unspecified atom stereocenters. The Morgan fingerprint density at radius 1 is 1.14 bits per heavy atom. The molecule has 4 nitrogen and oxygen atoms in total. The standard InChI is InChI=1S/C22H24ClNO3S/c23-21-7-2-1-6-18(21)19-13-20(19)22(25)24-16-5-3-4-15(12-16)14-28(26)17-8-10-27-11-9-17/h1-7,12,17,19-20H,8-11,13-14H2,(H,24,25). The summed E-state index contributed by atoms with van der Waals surface area (Å²) in [7, 11) is -0.915. The number of nitrogens with one attached hydrogen (secondary N) is 1. The first-order valence-corrected chi connectivity index (χ1v) is 11.5. The largest absolute Gasteiger partial charge is 0.381 e. The number of benzene rings is 2. The smallest absolute Gasteiger partial charge is 0.228 e. The lowest BCUT2D eigenvalue weighted by Crippen LogP contribution is -2.25. The Hall–Kier alpha value is -1.69. The van der Waals surface area contributed by atoms with Gasteiger partial charge in [0.15, 0.2) is 0 Å². The van der Waals surface area contributed by atoms with Gasteiger partial charge < -0.3 is 10.1 Å². The van der Waals surface area contributed by atoms with Gasteiger partial charge in [-0.3, -0.25) is 9.00 Å². The predicted octanol–water partition coefficient (Wildman–Crippen LogP) is 4.51. The summed E-state index contributed by atoms with van der Waals surface area (Å²) in [5, 5.41) is 3.94. The fourth-order valence-corrected chi connectivity index (χ4v) is 5.54. The minimum atomic E-state index is -0.915. The summed E-state index contributed by atoms with van der Waals surface area (Å²) in [6, 6.07) is 15.4. The Balaban J connectivity index is 1.35. The molecule has 6 heteroatoms. The summed E-state index contributed by atoms with van der Waals surface area (Å²) in [5.74, 6) is 0.686. The molecule has 0 bridgehead atoms. The van der Waals surface area contributed by atoms with Crippen molar-refractivity contribution in [3.05, 3.63) is 64.7 Å². The molecular formula is C22H24ClNO3S. The van der Waals surface area contributed by atoms with Crippen molar-refractivity contribution in [2.45, 2.75) is 36.2 Å².